The third-order valence-electron chi connectivity index (χ3n) is 15.0. The van der Waals surface area contributed by atoms with Crippen molar-refractivity contribution in [3.8, 4) is 23.0 Å². The fourth-order valence-electron chi connectivity index (χ4n) is 12.9. The van der Waals surface area contributed by atoms with Crippen LogP contribution in [0.5, 0.6) is 23.0 Å². The number of nitrogens with two attached hydrogens (primary N) is 1. The maximum atomic E-state index is 13.4. The number of aromatic hydroxyl groups is 2. The molecular formula is C38H42N4O6. The van der Waals surface area contributed by atoms with Crippen molar-refractivity contribution in [2.24, 2.45) is 11.7 Å². The summed E-state index contributed by atoms with van der Waals surface area (Å²) in [5, 5.41) is 49.1. The number of likely N-dealkylation sites (tertiary alicyclic amines) is 2. The summed E-state index contributed by atoms with van der Waals surface area (Å²) in [6.45, 7) is 3.90. The van der Waals surface area contributed by atoms with E-state index in [0.717, 1.165) is 71.7 Å². The third-order valence-corrected chi connectivity index (χ3v) is 15.0. The van der Waals surface area contributed by atoms with E-state index in [1.54, 1.807) is 12.1 Å². The second kappa shape index (κ2) is 8.36. The molecule has 12 rings (SSSR count). The number of H-pyrrole nitrogens is 1. The summed E-state index contributed by atoms with van der Waals surface area (Å²) in [4.78, 5) is 8.79. The van der Waals surface area contributed by atoms with Gasteiger partial charge in [-0.2, -0.15) is 0 Å². The van der Waals surface area contributed by atoms with Gasteiger partial charge in [-0.25, -0.2) is 0 Å². The Morgan fingerprint density at radius 1 is 0.771 bits per heavy atom. The predicted octanol–water partition coefficient (Wildman–Crippen LogP) is 2.37. The molecule has 2 spiro atoms. The molecule has 10 heteroatoms. The zero-order valence-corrected chi connectivity index (χ0v) is 27.0. The van der Waals surface area contributed by atoms with Gasteiger partial charge in [-0.15, -0.1) is 0 Å². The van der Waals surface area contributed by atoms with Gasteiger partial charge in [0, 0.05) is 55.7 Å². The number of aliphatic hydroxyl groups is 2. The van der Waals surface area contributed by atoms with Gasteiger partial charge < -0.3 is 40.6 Å². The SMILES string of the molecule is NCCN1CC[C@]23c4c5ccc(O)c4O[C@H]2c2[nH]c4c(c2C[C@@]3(O)[C@H]1C5)C[C@@]1(O)[C@@H]2Cc3ccc(O)c5c3[C@@]1(CCN2CC1CC1)[C@H]4O5. The van der Waals surface area contributed by atoms with Crippen LogP contribution < -0.4 is 15.2 Å². The molecule has 0 unspecified atom stereocenters. The van der Waals surface area contributed by atoms with Crippen molar-refractivity contribution in [3.63, 3.8) is 0 Å². The lowest BCUT2D eigenvalue weighted by Gasteiger charge is -2.63. The summed E-state index contributed by atoms with van der Waals surface area (Å²) >= 11 is 0. The molecule has 8 atom stereocenters. The summed E-state index contributed by atoms with van der Waals surface area (Å²) in [5.41, 5.74) is 10.6. The minimum atomic E-state index is -1.16. The van der Waals surface area contributed by atoms with Crippen LogP contribution in [0.2, 0.25) is 0 Å². The van der Waals surface area contributed by atoms with Crippen LogP contribution in [0.25, 0.3) is 0 Å². The molecule has 2 saturated heterocycles. The molecule has 7 N–H and O–H groups in total. The number of benzene rings is 2. The van der Waals surface area contributed by atoms with Gasteiger partial charge in [-0.05, 0) is 91.9 Å². The summed E-state index contributed by atoms with van der Waals surface area (Å²) < 4.78 is 13.8. The lowest BCUT2D eigenvalue weighted by atomic mass is 9.47. The lowest BCUT2D eigenvalue weighted by Crippen LogP contribution is -2.75. The highest BCUT2D eigenvalue weighted by molar-refractivity contribution is 5.68. The van der Waals surface area contributed by atoms with Gasteiger partial charge in [0.1, 0.15) is 0 Å². The number of aromatic nitrogens is 1. The first kappa shape index (κ1) is 27.5. The van der Waals surface area contributed by atoms with Crippen molar-refractivity contribution in [1.29, 1.82) is 0 Å². The van der Waals surface area contributed by atoms with Gasteiger partial charge in [0.25, 0.3) is 0 Å². The van der Waals surface area contributed by atoms with Gasteiger partial charge >= 0.3 is 0 Å². The first-order chi connectivity index (χ1) is 23.2. The number of hydrogen-bond acceptors (Lipinski definition) is 9. The first-order valence-electron chi connectivity index (χ1n) is 18.1. The molecule has 0 amide bonds. The van der Waals surface area contributed by atoms with Gasteiger partial charge in [0.05, 0.1) is 33.4 Å². The molecule has 2 aromatic carbocycles. The number of phenols is 2. The normalized spacial score (nSPS) is 40.4. The van der Waals surface area contributed by atoms with Crippen molar-refractivity contribution in [3.05, 3.63) is 69.0 Å². The summed E-state index contributed by atoms with van der Waals surface area (Å²) in [5.74, 6) is 1.95. The fraction of sp³-hybridized carbons (Fsp3) is 0.579. The number of ether oxygens (including phenoxy) is 2. The van der Waals surface area contributed by atoms with Crippen LogP contribution in [0.1, 0.15) is 82.7 Å². The van der Waals surface area contributed by atoms with Crippen molar-refractivity contribution in [2.75, 3.05) is 32.7 Å². The molecule has 4 aliphatic heterocycles. The maximum Gasteiger partial charge on any atom is 0.166 e. The quantitative estimate of drug-likeness (QED) is 0.251. The molecule has 5 aliphatic carbocycles. The van der Waals surface area contributed by atoms with Crippen LogP contribution >= 0.6 is 0 Å². The average molecular weight is 651 g/mol. The zero-order valence-electron chi connectivity index (χ0n) is 27.0. The number of phenolic OH excluding ortho intramolecular Hbond substituents is 2. The Hall–Kier alpha value is -3.28. The van der Waals surface area contributed by atoms with Crippen LogP contribution in [0.15, 0.2) is 24.3 Å². The molecule has 3 fully saturated rings. The van der Waals surface area contributed by atoms with Gasteiger partial charge in [-0.1, -0.05) is 12.1 Å². The van der Waals surface area contributed by atoms with Gasteiger partial charge in [0.15, 0.2) is 35.2 Å². The second-order valence-corrected chi connectivity index (χ2v) is 16.6. The predicted molar refractivity (Wildman–Crippen MR) is 174 cm³/mol. The van der Waals surface area contributed by atoms with E-state index >= 15 is 0 Å². The van der Waals surface area contributed by atoms with Crippen LogP contribution in [-0.4, -0.2) is 91.2 Å². The Morgan fingerprint density at radius 3 is 1.81 bits per heavy atom. The molecule has 4 bridgehead atoms. The fourth-order valence-corrected chi connectivity index (χ4v) is 12.9. The number of rotatable bonds is 4. The van der Waals surface area contributed by atoms with E-state index in [1.165, 1.54) is 18.4 Å². The number of nitrogens with zero attached hydrogens (tertiary/aromatic N) is 2. The summed E-state index contributed by atoms with van der Waals surface area (Å²) in [7, 11) is 0. The molecule has 250 valence electrons. The van der Waals surface area contributed by atoms with Crippen molar-refractivity contribution >= 4 is 0 Å². The van der Waals surface area contributed by atoms with Crippen molar-refractivity contribution in [1.82, 2.24) is 14.8 Å². The molecule has 1 aromatic heterocycles. The molecule has 9 aliphatic rings. The minimum Gasteiger partial charge on any atom is -0.504 e. The number of aromatic amines is 1. The van der Waals surface area contributed by atoms with E-state index in [-0.39, 0.29) is 23.6 Å². The number of piperidine rings is 2. The smallest absolute Gasteiger partial charge is 0.166 e. The van der Waals surface area contributed by atoms with Gasteiger partial charge in [-0.3, -0.25) is 9.80 Å². The summed E-state index contributed by atoms with van der Waals surface area (Å²) in [6, 6.07) is 7.32. The molecule has 3 aromatic rings. The Bertz CT molecular complexity index is 1990. The molecule has 10 nitrogen and oxygen atoms in total. The van der Waals surface area contributed by atoms with Gasteiger partial charge in [0.2, 0.25) is 0 Å². The Kier molecular flexibility index (Phi) is 4.79. The third kappa shape index (κ3) is 2.74. The van der Waals surface area contributed by atoms with Crippen molar-refractivity contribution in [2.45, 2.75) is 97.7 Å². The van der Waals surface area contributed by atoms with E-state index in [1.807, 2.05) is 12.1 Å². The number of fused-ring (bicyclic) bond motifs is 5. The largest absolute Gasteiger partial charge is 0.504 e. The second-order valence-electron chi connectivity index (χ2n) is 16.6. The Morgan fingerprint density at radius 2 is 1.29 bits per heavy atom. The van der Waals surface area contributed by atoms with E-state index in [9.17, 15) is 20.4 Å². The Balaban J connectivity index is 1.09. The topological polar surface area (TPSA) is 148 Å². The van der Waals surface area contributed by atoms with E-state index in [4.69, 9.17) is 15.2 Å². The molecule has 0 radical (unpaired) electrons. The van der Waals surface area contributed by atoms with E-state index in [0.29, 0.717) is 56.2 Å². The average Bonchev–Trinajstić information content (AvgIpc) is 3.56. The van der Waals surface area contributed by atoms with Crippen LogP contribution in [0.3, 0.4) is 0 Å². The van der Waals surface area contributed by atoms with Crippen LogP contribution in [0.4, 0.5) is 0 Å². The summed E-state index contributed by atoms with van der Waals surface area (Å²) in [6.07, 6.45) is 5.18. The monoisotopic (exact) mass is 650 g/mol. The van der Waals surface area contributed by atoms with E-state index < -0.39 is 34.2 Å². The highest BCUT2D eigenvalue weighted by atomic mass is 16.5. The number of nitrogens with one attached hydrogen (secondary N) is 1. The number of hydrogen-bond donors (Lipinski definition) is 6. The highest BCUT2D eigenvalue weighted by Gasteiger charge is 2.76. The molecule has 5 heterocycles. The standard InChI is InChI=1S/C38H42N4O6/c39-9-12-41-10-7-35-27-19-3-5-23(43)31(27)47-33(35)29-21(15-37(35,45)25(41)13-19)22-16-38(46)26-14-20-4-6-24(44)32-28(20)36(38,34(48-32)30(22)40-29)8-11-42(26)17-18-1-2-18/h3-6,18,25-26,33-34,40,43-46H,1-2,7-17,39H2/t25-,26+,33+,34+,35+,36+,37-,38-/m1/s1. The molecule has 48 heavy (non-hydrogen) atoms. The maximum absolute atomic E-state index is 13.4. The van der Waals surface area contributed by atoms with Crippen LogP contribution in [0, 0.1) is 5.92 Å². The molecular weight excluding hydrogens is 608 g/mol. The first-order valence-corrected chi connectivity index (χ1v) is 18.1. The van der Waals surface area contributed by atoms with Crippen molar-refractivity contribution < 1.29 is 29.9 Å². The van der Waals surface area contributed by atoms with E-state index in [2.05, 4.69) is 14.8 Å². The zero-order chi connectivity index (χ0) is 32.1. The highest BCUT2D eigenvalue weighted by Crippen LogP contribution is 2.72. The Labute approximate surface area is 278 Å². The molecule has 1 saturated carbocycles. The lowest BCUT2D eigenvalue weighted by molar-refractivity contribution is -0.175. The minimum absolute atomic E-state index is 0.0711. The van der Waals surface area contributed by atoms with Crippen LogP contribution in [-0.2, 0) is 36.5 Å².